The molecule has 0 atom stereocenters. The highest BCUT2D eigenvalue weighted by molar-refractivity contribution is 7.95. The third kappa shape index (κ3) is 4.13. The van der Waals surface area contributed by atoms with Crippen LogP contribution in [0.2, 0.25) is 0 Å². The van der Waals surface area contributed by atoms with Crippen LogP contribution in [0, 0.1) is 0 Å². The van der Waals surface area contributed by atoms with Gasteiger partial charge < -0.3 is 9.50 Å². The lowest BCUT2D eigenvalue weighted by atomic mass is 10.5. The van der Waals surface area contributed by atoms with Gasteiger partial charge >= 0.3 is 6.09 Å². The molecule has 0 saturated heterocycles. The molecule has 76 valence electrons. The molecule has 1 rings (SSSR count). The topological polar surface area (TPSA) is 51.2 Å². The summed E-state index contributed by atoms with van der Waals surface area (Å²) in [5, 5.41) is 2.60. The average molecular weight is 212 g/mol. The van der Waals surface area contributed by atoms with E-state index in [2.05, 4.69) is 10.3 Å². The van der Waals surface area contributed by atoms with Crippen molar-refractivity contribution < 1.29 is 8.98 Å². The SMILES string of the molecule is CCCNC(=O)OSc1cccnc1. The van der Waals surface area contributed by atoms with Gasteiger partial charge in [-0.2, -0.15) is 0 Å². The molecular weight excluding hydrogens is 200 g/mol. The summed E-state index contributed by atoms with van der Waals surface area (Å²) in [4.78, 5) is 15.7. The number of carbonyl (C=O) groups excluding carboxylic acids is 1. The van der Waals surface area contributed by atoms with Crippen LogP contribution in [0.1, 0.15) is 13.3 Å². The normalized spacial score (nSPS) is 9.50. The number of hydrogen-bond donors (Lipinski definition) is 1. The van der Waals surface area contributed by atoms with Gasteiger partial charge in [-0.05, 0) is 18.6 Å². The molecule has 1 aromatic rings. The summed E-state index contributed by atoms with van der Waals surface area (Å²) in [6.07, 6.45) is 3.78. The van der Waals surface area contributed by atoms with Crippen LogP contribution in [0.15, 0.2) is 29.4 Å². The predicted molar refractivity (Wildman–Crippen MR) is 54.9 cm³/mol. The Kier molecular flexibility index (Phi) is 4.85. The summed E-state index contributed by atoms with van der Waals surface area (Å²) in [5.74, 6) is 0. The number of nitrogens with one attached hydrogen (secondary N) is 1. The summed E-state index contributed by atoms with van der Waals surface area (Å²) in [6, 6.07) is 3.61. The molecular formula is C9H12N2O2S. The lowest BCUT2D eigenvalue weighted by molar-refractivity contribution is 0.208. The Balaban J connectivity index is 2.24. The predicted octanol–water partition coefficient (Wildman–Crippen LogP) is 2.22. The Morgan fingerprint density at radius 2 is 2.57 bits per heavy atom. The third-order valence-corrected chi connectivity index (χ3v) is 2.04. The first-order valence-corrected chi connectivity index (χ1v) is 5.09. The maximum Gasteiger partial charge on any atom is 0.419 e. The Morgan fingerprint density at radius 3 is 3.21 bits per heavy atom. The minimum atomic E-state index is -0.416. The van der Waals surface area contributed by atoms with E-state index >= 15 is 0 Å². The maximum absolute atomic E-state index is 11.0. The van der Waals surface area contributed by atoms with E-state index in [1.54, 1.807) is 18.5 Å². The van der Waals surface area contributed by atoms with Crippen LogP contribution in [-0.4, -0.2) is 17.6 Å². The summed E-state index contributed by atoms with van der Waals surface area (Å²) >= 11 is 1.00. The molecule has 0 fully saturated rings. The maximum atomic E-state index is 11.0. The summed E-state index contributed by atoms with van der Waals surface area (Å²) < 4.78 is 4.86. The zero-order chi connectivity index (χ0) is 10.2. The summed E-state index contributed by atoms with van der Waals surface area (Å²) in [5.41, 5.74) is 0. The monoisotopic (exact) mass is 212 g/mol. The lowest BCUT2D eigenvalue weighted by Gasteiger charge is -2.02. The number of pyridine rings is 1. The largest absolute Gasteiger partial charge is 0.419 e. The van der Waals surface area contributed by atoms with Gasteiger partial charge in [-0.1, -0.05) is 6.92 Å². The first-order chi connectivity index (χ1) is 6.83. The van der Waals surface area contributed by atoms with E-state index in [1.165, 1.54) is 0 Å². The molecule has 5 heteroatoms. The molecule has 1 aromatic heterocycles. The fourth-order valence-corrected chi connectivity index (χ4v) is 1.21. The summed E-state index contributed by atoms with van der Waals surface area (Å²) in [6.45, 7) is 2.61. The van der Waals surface area contributed by atoms with E-state index in [0.29, 0.717) is 6.54 Å². The fraction of sp³-hybridized carbons (Fsp3) is 0.333. The molecule has 0 spiro atoms. The molecule has 0 aliphatic rings. The van der Waals surface area contributed by atoms with E-state index in [0.717, 1.165) is 23.4 Å². The van der Waals surface area contributed by atoms with E-state index in [4.69, 9.17) is 4.18 Å². The van der Waals surface area contributed by atoms with Crippen molar-refractivity contribution in [1.29, 1.82) is 0 Å². The van der Waals surface area contributed by atoms with Gasteiger partial charge in [0.05, 0.1) is 16.9 Å². The van der Waals surface area contributed by atoms with Crippen LogP contribution in [-0.2, 0) is 4.18 Å². The molecule has 0 unspecified atom stereocenters. The zero-order valence-electron chi connectivity index (χ0n) is 7.90. The number of aromatic nitrogens is 1. The first kappa shape index (κ1) is 10.8. The third-order valence-electron chi connectivity index (χ3n) is 1.37. The average Bonchev–Trinajstić information content (AvgIpc) is 2.25. The number of carbonyl (C=O) groups is 1. The quantitative estimate of drug-likeness (QED) is 0.777. The number of rotatable bonds is 4. The Labute approximate surface area is 87.3 Å². The summed E-state index contributed by atoms with van der Waals surface area (Å²) in [7, 11) is 0. The van der Waals surface area contributed by atoms with Gasteiger partial charge in [0.25, 0.3) is 0 Å². The fourth-order valence-electron chi connectivity index (χ4n) is 0.739. The highest BCUT2D eigenvalue weighted by atomic mass is 32.2. The number of hydrogen-bond acceptors (Lipinski definition) is 4. The van der Waals surface area contributed by atoms with Crippen molar-refractivity contribution in [3.8, 4) is 0 Å². The first-order valence-electron chi connectivity index (χ1n) is 4.35. The molecule has 1 amide bonds. The van der Waals surface area contributed by atoms with Crippen molar-refractivity contribution in [3.05, 3.63) is 24.5 Å². The molecule has 0 aliphatic heterocycles. The van der Waals surface area contributed by atoms with Crippen LogP contribution < -0.4 is 5.32 Å². The minimum Gasteiger partial charge on any atom is -0.370 e. The van der Waals surface area contributed by atoms with Crippen LogP contribution in [0.4, 0.5) is 4.79 Å². The second-order valence-corrected chi connectivity index (χ2v) is 3.37. The Hall–Kier alpha value is -1.23. The molecule has 0 radical (unpaired) electrons. The minimum absolute atomic E-state index is 0.416. The van der Waals surface area contributed by atoms with Crippen LogP contribution in [0.25, 0.3) is 0 Å². The smallest absolute Gasteiger partial charge is 0.370 e. The second kappa shape index (κ2) is 6.26. The van der Waals surface area contributed by atoms with Crippen molar-refractivity contribution in [1.82, 2.24) is 10.3 Å². The molecule has 0 aliphatic carbocycles. The molecule has 0 bridgehead atoms. The van der Waals surface area contributed by atoms with Gasteiger partial charge in [0.2, 0.25) is 0 Å². The van der Waals surface area contributed by atoms with Gasteiger partial charge in [0.1, 0.15) is 0 Å². The Bertz CT molecular complexity index is 279. The van der Waals surface area contributed by atoms with Crippen LogP contribution in [0.3, 0.4) is 0 Å². The highest BCUT2D eigenvalue weighted by Crippen LogP contribution is 2.16. The van der Waals surface area contributed by atoms with Gasteiger partial charge in [0, 0.05) is 18.9 Å². The zero-order valence-corrected chi connectivity index (χ0v) is 8.71. The standard InChI is InChI=1S/C9H12N2O2S/c1-2-5-11-9(12)13-14-8-4-3-6-10-7-8/h3-4,6-7H,2,5H2,1H3,(H,11,12). The number of amides is 1. The molecule has 14 heavy (non-hydrogen) atoms. The van der Waals surface area contributed by atoms with Crippen molar-refractivity contribution >= 4 is 18.1 Å². The molecule has 1 N–H and O–H groups in total. The second-order valence-electron chi connectivity index (χ2n) is 2.57. The van der Waals surface area contributed by atoms with E-state index < -0.39 is 6.09 Å². The number of nitrogens with zero attached hydrogens (tertiary/aromatic N) is 1. The van der Waals surface area contributed by atoms with E-state index in [9.17, 15) is 4.79 Å². The molecule has 0 aromatic carbocycles. The molecule has 1 heterocycles. The van der Waals surface area contributed by atoms with Gasteiger partial charge in [-0.15, -0.1) is 0 Å². The van der Waals surface area contributed by atoms with E-state index in [1.807, 2.05) is 13.0 Å². The van der Waals surface area contributed by atoms with Gasteiger partial charge in [-0.3, -0.25) is 4.98 Å². The highest BCUT2D eigenvalue weighted by Gasteiger charge is 2.02. The van der Waals surface area contributed by atoms with Crippen molar-refractivity contribution in [2.24, 2.45) is 0 Å². The van der Waals surface area contributed by atoms with E-state index in [-0.39, 0.29) is 0 Å². The van der Waals surface area contributed by atoms with Gasteiger partial charge in [0.15, 0.2) is 0 Å². The van der Waals surface area contributed by atoms with Crippen LogP contribution >= 0.6 is 12.0 Å². The van der Waals surface area contributed by atoms with Crippen molar-refractivity contribution in [3.63, 3.8) is 0 Å². The molecule has 4 nitrogen and oxygen atoms in total. The van der Waals surface area contributed by atoms with Crippen molar-refractivity contribution in [2.45, 2.75) is 18.2 Å². The Morgan fingerprint density at radius 1 is 1.71 bits per heavy atom. The van der Waals surface area contributed by atoms with Gasteiger partial charge in [-0.25, -0.2) is 4.79 Å². The lowest BCUT2D eigenvalue weighted by Crippen LogP contribution is -2.22. The van der Waals surface area contributed by atoms with Crippen molar-refractivity contribution in [2.75, 3.05) is 6.54 Å². The van der Waals surface area contributed by atoms with Crippen LogP contribution in [0.5, 0.6) is 0 Å². The molecule has 0 saturated carbocycles.